The van der Waals surface area contributed by atoms with Crippen molar-refractivity contribution in [3.8, 4) is 0 Å². The summed E-state index contributed by atoms with van der Waals surface area (Å²) < 4.78 is 1.76. The van der Waals surface area contributed by atoms with Gasteiger partial charge in [0, 0.05) is 30.4 Å². The first-order valence-electron chi connectivity index (χ1n) is 6.25. The molecule has 0 bridgehead atoms. The molecule has 5 nitrogen and oxygen atoms in total. The zero-order valence-corrected chi connectivity index (χ0v) is 12.1. The molecule has 1 aromatic rings. The van der Waals surface area contributed by atoms with Crippen molar-refractivity contribution in [3.05, 3.63) is 18.0 Å². The van der Waals surface area contributed by atoms with Gasteiger partial charge in [0.15, 0.2) is 0 Å². The van der Waals surface area contributed by atoms with Gasteiger partial charge in [0.25, 0.3) is 0 Å². The van der Waals surface area contributed by atoms with Crippen LogP contribution in [0.4, 0.5) is 0 Å². The molecule has 0 spiro atoms. The molecule has 1 heterocycles. The van der Waals surface area contributed by atoms with E-state index in [1.807, 2.05) is 54.1 Å². The van der Waals surface area contributed by atoms with E-state index in [-0.39, 0.29) is 23.5 Å². The standard InChI is InChI=1S/C13H24N4O/c1-9(11-7-14-17(6)8-11)15-10(2)12(18)16-13(3,4)5/h7-10,15H,1-6H3,(H,16,18). The second-order valence-electron chi connectivity index (χ2n) is 5.80. The monoisotopic (exact) mass is 252 g/mol. The van der Waals surface area contributed by atoms with Crippen LogP contribution in [0, 0.1) is 0 Å². The van der Waals surface area contributed by atoms with Crippen molar-refractivity contribution in [2.24, 2.45) is 7.05 Å². The quantitative estimate of drug-likeness (QED) is 0.851. The Balaban J connectivity index is 2.54. The first kappa shape index (κ1) is 14.7. The SMILES string of the molecule is CC(NC(C)c1cnn(C)c1)C(=O)NC(C)(C)C. The van der Waals surface area contributed by atoms with Crippen molar-refractivity contribution in [1.29, 1.82) is 0 Å². The number of amides is 1. The van der Waals surface area contributed by atoms with E-state index in [1.54, 1.807) is 4.68 Å². The average Bonchev–Trinajstić information content (AvgIpc) is 2.62. The maximum absolute atomic E-state index is 11.9. The van der Waals surface area contributed by atoms with Crippen molar-refractivity contribution >= 4 is 5.91 Å². The third-order valence-corrected chi connectivity index (χ3v) is 2.62. The van der Waals surface area contributed by atoms with E-state index < -0.39 is 0 Å². The molecule has 0 aliphatic carbocycles. The number of aromatic nitrogens is 2. The number of nitrogens with zero attached hydrogens (tertiary/aromatic N) is 2. The summed E-state index contributed by atoms with van der Waals surface area (Å²) in [5, 5.41) is 10.4. The highest BCUT2D eigenvalue weighted by molar-refractivity contribution is 5.81. The fourth-order valence-electron chi connectivity index (χ4n) is 1.69. The summed E-state index contributed by atoms with van der Waals surface area (Å²) in [5.41, 5.74) is 0.873. The Morgan fingerprint density at radius 2 is 2.00 bits per heavy atom. The van der Waals surface area contributed by atoms with E-state index in [4.69, 9.17) is 0 Å². The van der Waals surface area contributed by atoms with Gasteiger partial charge >= 0.3 is 0 Å². The van der Waals surface area contributed by atoms with E-state index in [0.717, 1.165) is 5.56 Å². The van der Waals surface area contributed by atoms with Crippen LogP contribution in [0.3, 0.4) is 0 Å². The number of nitrogens with one attached hydrogen (secondary N) is 2. The number of carbonyl (C=O) groups excluding carboxylic acids is 1. The zero-order chi connectivity index (χ0) is 13.9. The number of carbonyl (C=O) groups is 1. The fourth-order valence-corrected chi connectivity index (χ4v) is 1.69. The molecule has 0 aliphatic rings. The smallest absolute Gasteiger partial charge is 0.237 e. The normalized spacial score (nSPS) is 15.2. The van der Waals surface area contributed by atoms with Crippen LogP contribution < -0.4 is 10.6 Å². The molecule has 0 saturated carbocycles. The summed E-state index contributed by atoms with van der Waals surface area (Å²) in [4.78, 5) is 11.9. The van der Waals surface area contributed by atoms with Crippen molar-refractivity contribution < 1.29 is 4.79 Å². The van der Waals surface area contributed by atoms with Crippen LogP contribution in [-0.4, -0.2) is 27.3 Å². The van der Waals surface area contributed by atoms with Gasteiger partial charge in [-0.05, 0) is 34.6 Å². The summed E-state index contributed by atoms with van der Waals surface area (Å²) >= 11 is 0. The Kier molecular flexibility index (Phi) is 4.51. The van der Waals surface area contributed by atoms with E-state index in [0.29, 0.717) is 0 Å². The van der Waals surface area contributed by atoms with Crippen LogP contribution in [0.25, 0.3) is 0 Å². The molecule has 2 N–H and O–H groups in total. The molecular weight excluding hydrogens is 228 g/mol. The van der Waals surface area contributed by atoms with Crippen LogP contribution in [0.5, 0.6) is 0 Å². The maximum Gasteiger partial charge on any atom is 0.237 e. The first-order chi connectivity index (χ1) is 8.19. The van der Waals surface area contributed by atoms with Gasteiger partial charge < -0.3 is 5.32 Å². The summed E-state index contributed by atoms with van der Waals surface area (Å²) in [6, 6.07) is -0.140. The highest BCUT2D eigenvalue weighted by Crippen LogP contribution is 2.11. The minimum absolute atomic E-state index is 0.0123. The fraction of sp³-hybridized carbons (Fsp3) is 0.692. The molecule has 0 radical (unpaired) electrons. The van der Waals surface area contributed by atoms with Crippen LogP contribution in [0.2, 0.25) is 0 Å². The predicted octanol–water partition coefficient (Wildman–Crippen LogP) is 1.37. The van der Waals surface area contributed by atoms with Crippen molar-refractivity contribution in [2.45, 2.75) is 52.2 Å². The molecule has 102 valence electrons. The topological polar surface area (TPSA) is 59.0 Å². The van der Waals surface area contributed by atoms with Gasteiger partial charge in [-0.1, -0.05) is 0 Å². The molecule has 1 rings (SSSR count). The van der Waals surface area contributed by atoms with E-state index in [1.165, 1.54) is 0 Å². The van der Waals surface area contributed by atoms with E-state index in [2.05, 4.69) is 15.7 Å². The van der Waals surface area contributed by atoms with Crippen LogP contribution in [0.1, 0.15) is 46.2 Å². The van der Waals surface area contributed by atoms with Gasteiger partial charge in [0.05, 0.1) is 12.2 Å². The van der Waals surface area contributed by atoms with Gasteiger partial charge in [-0.15, -0.1) is 0 Å². The molecule has 5 heteroatoms. The summed E-state index contributed by atoms with van der Waals surface area (Å²) in [7, 11) is 1.88. The van der Waals surface area contributed by atoms with Crippen LogP contribution in [-0.2, 0) is 11.8 Å². The number of rotatable bonds is 4. The maximum atomic E-state index is 11.9. The molecular formula is C13H24N4O. The Hall–Kier alpha value is -1.36. The van der Waals surface area contributed by atoms with Gasteiger partial charge in [-0.2, -0.15) is 5.10 Å². The summed E-state index contributed by atoms with van der Waals surface area (Å²) in [6.07, 6.45) is 3.76. The Morgan fingerprint density at radius 3 is 2.44 bits per heavy atom. The van der Waals surface area contributed by atoms with Crippen molar-refractivity contribution in [3.63, 3.8) is 0 Å². The predicted molar refractivity (Wildman–Crippen MR) is 72.1 cm³/mol. The summed E-state index contributed by atoms with van der Waals surface area (Å²) in [5.74, 6) is 0.0123. The average molecular weight is 252 g/mol. The van der Waals surface area contributed by atoms with E-state index in [9.17, 15) is 4.79 Å². The largest absolute Gasteiger partial charge is 0.350 e. The lowest BCUT2D eigenvalue weighted by Crippen LogP contribution is -2.49. The molecule has 0 saturated heterocycles. The molecule has 2 unspecified atom stereocenters. The lowest BCUT2D eigenvalue weighted by atomic mass is 10.1. The molecule has 2 atom stereocenters. The third-order valence-electron chi connectivity index (χ3n) is 2.62. The molecule has 18 heavy (non-hydrogen) atoms. The first-order valence-corrected chi connectivity index (χ1v) is 6.25. The Bertz CT molecular complexity index is 405. The minimum atomic E-state index is -0.237. The van der Waals surface area contributed by atoms with Gasteiger partial charge in [0.2, 0.25) is 5.91 Å². The third kappa shape index (κ3) is 4.49. The second kappa shape index (κ2) is 5.52. The van der Waals surface area contributed by atoms with Crippen molar-refractivity contribution in [2.75, 3.05) is 0 Å². The Morgan fingerprint density at radius 1 is 1.39 bits per heavy atom. The van der Waals surface area contributed by atoms with Crippen LogP contribution in [0.15, 0.2) is 12.4 Å². The molecule has 0 aromatic carbocycles. The summed E-state index contributed by atoms with van der Waals surface area (Å²) in [6.45, 7) is 9.82. The number of aryl methyl sites for hydroxylation is 1. The molecule has 0 aliphatic heterocycles. The highest BCUT2D eigenvalue weighted by Gasteiger charge is 2.21. The molecule has 1 amide bonds. The highest BCUT2D eigenvalue weighted by atomic mass is 16.2. The molecule has 0 fully saturated rings. The lowest BCUT2D eigenvalue weighted by molar-refractivity contribution is -0.124. The number of hydrogen-bond donors (Lipinski definition) is 2. The second-order valence-corrected chi connectivity index (χ2v) is 5.80. The Labute approximate surface area is 109 Å². The lowest BCUT2D eigenvalue weighted by Gasteiger charge is -2.25. The zero-order valence-electron chi connectivity index (χ0n) is 12.1. The van der Waals surface area contributed by atoms with Crippen molar-refractivity contribution in [1.82, 2.24) is 20.4 Å². The van der Waals surface area contributed by atoms with E-state index >= 15 is 0 Å². The molecule has 1 aromatic heterocycles. The minimum Gasteiger partial charge on any atom is -0.350 e. The van der Waals surface area contributed by atoms with Gasteiger partial charge in [0.1, 0.15) is 0 Å². The van der Waals surface area contributed by atoms with Gasteiger partial charge in [-0.3, -0.25) is 14.8 Å². The number of hydrogen-bond acceptors (Lipinski definition) is 3. The van der Waals surface area contributed by atoms with Crippen LogP contribution >= 0.6 is 0 Å². The van der Waals surface area contributed by atoms with Gasteiger partial charge in [-0.25, -0.2) is 0 Å².